The number of carbonyl (C=O) groups is 2. The van der Waals surface area contributed by atoms with Crippen LogP contribution in [-0.4, -0.2) is 62.4 Å². The molecular weight excluding hydrogens is 444 g/mol. The minimum atomic E-state index is -3.89. The summed E-state index contributed by atoms with van der Waals surface area (Å²) in [7, 11) is -2.39. The summed E-state index contributed by atoms with van der Waals surface area (Å²) < 4.78 is 33.0. The molecule has 2 N–H and O–H groups in total. The van der Waals surface area contributed by atoms with Crippen LogP contribution in [-0.2, 0) is 21.2 Å². The van der Waals surface area contributed by atoms with E-state index in [9.17, 15) is 23.1 Å². The number of sulfonamides is 1. The van der Waals surface area contributed by atoms with Crippen LogP contribution in [0.4, 0.5) is 0 Å². The van der Waals surface area contributed by atoms with Crippen molar-refractivity contribution in [3.8, 4) is 5.75 Å². The molecule has 180 valence electrons. The highest BCUT2D eigenvalue weighted by molar-refractivity contribution is 7.89. The Labute approximate surface area is 195 Å². The van der Waals surface area contributed by atoms with E-state index in [4.69, 9.17) is 4.74 Å². The van der Waals surface area contributed by atoms with Crippen LogP contribution in [0.2, 0.25) is 0 Å². The molecule has 9 heteroatoms. The zero-order chi connectivity index (χ0) is 24.6. The third kappa shape index (κ3) is 7.66. The molecule has 2 rings (SSSR count). The van der Waals surface area contributed by atoms with Crippen molar-refractivity contribution in [1.29, 1.82) is 0 Å². The molecule has 2 aromatic rings. The van der Waals surface area contributed by atoms with E-state index >= 15 is 0 Å². The van der Waals surface area contributed by atoms with Gasteiger partial charge in [-0.05, 0) is 42.2 Å². The van der Waals surface area contributed by atoms with Crippen LogP contribution in [0, 0.1) is 5.92 Å². The first-order valence-electron chi connectivity index (χ1n) is 10.7. The van der Waals surface area contributed by atoms with E-state index in [0.29, 0.717) is 11.3 Å². The van der Waals surface area contributed by atoms with Crippen LogP contribution in [0.25, 0.3) is 0 Å². The first kappa shape index (κ1) is 26.5. The maximum atomic E-state index is 13.3. The van der Waals surface area contributed by atoms with Gasteiger partial charge in [0.25, 0.3) is 0 Å². The molecule has 0 heterocycles. The van der Waals surface area contributed by atoms with Gasteiger partial charge in [0.05, 0.1) is 24.2 Å². The van der Waals surface area contributed by atoms with Gasteiger partial charge in [-0.1, -0.05) is 38.1 Å². The second-order valence-electron chi connectivity index (χ2n) is 8.33. The van der Waals surface area contributed by atoms with Crippen LogP contribution < -0.4 is 10.1 Å². The molecule has 0 saturated carbocycles. The molecular formula is C24H32N2O6S. The normalized spacial score (nSPS) is 13.5. The van der Waals surface area contributed by atoms with Crippen LogP contribution in [0.15, 0.2) is 53.4 Å². The summed E-state index contributed by atoms with van der Waals surface area (Å²) in [4.78, 5) is 22.8. The Hall–Kier alpha value is -2.75. The van der Waals surface area contributed by atoms with Crippen LogP contribution in [0.1, 0.15) is 36.7 Å². The molecule has 1 unspecified atom stereocenters. The lowest BCUT2D eigenvalue weighted by atomic mass is 10.00. The van der Waals surface area contributed by atoms with Gasteiger partial charge in [-0.3, -0.25) is 9.59 Å². The topological polar surface area (TPSA) is 113 Å². The number of rotatable bonds is 12. The van der Waals surface area contributed by atoms with Crippen molar-refractivity contribution in [2.45, 2.75) is 44.2 Å². The van der Waals surface area contributed by atoms with Crippen molar-refractivity contribution >= 4 is 22.2 Å². The van der Waals surface area contributed by atoms with Gasteiger partial charge in [0.1, 0.15) is 12.0 Å². The van der Waals surface area contributed by atoms with Gasteiger partial charge in [0, 0.05) is 25.6 Å². The molecule has 0 fully saturated rings. The average Bonchev–Trinajstić information content (AvgIpc) is 2.78. The maximum absolute atomic E-state index is 13.3. The van der Waals surface area contributed by atoms with E-state index in [0.717, 1.165) is 11.8 Å². The number of aldehydes is 1. The lowest BCUT2D eigenvalue weighted by Crippen LogP contribution is -2.50. The highest BCUT2D eigenvalue weighted by atomic mass is 32.2. The molecule has 0 spiro atoms. The van der Waals surface area contributed by atoms with Gasteiger partial charge < -0.3 is 15.2 Å². The maximum Gasteiger partial charge on any atom is 0.243 e. The molecule has 0 saturated heterocycles. The molecule has 0 aromatic heterocycles. The van der Waals surface area contributed by atoms with E-state index in [1.165, 1.54) is 30.5 Å². The molecule has 0 bridgehead atoms. The van der Waals surface area contributed by atoms with E-state index in [2.05, 4.69) is 5.32 Å². The smallest absolute Gasteiger partial charge is 0.243 e. The van der Waals surface area contributed by atoms with Gasteiger partial charge in [-0.25, -0.2) is 8.42 Å². The molecule has 2 aromatic carbocycles. The lowest BCUT2D eigenvalue weighted by Gasteiger charge is -2.30. The van der Waals surface area contributed by atoms with Crippen molar-refractivity contribution in [2.75, 3.05) is 20.2 Å². The zero-order valence-electron chi connectivity index (χ0n) is 19.4. The van der Waals surface area contributed by atoms with E-state index in [1.807, 2.05) is 13.8 Å². The quantitative estimate of drug-likeness (QED) is 0.455. The predicted octanol–water partition coefficient (Wildman–Crippen LogP) is 2.26. The number of benzene rings is 2. The Balaban J connectivity index is 2.28. The number of ether oxygens (including phenoxy) is 1. The fourth-order valence-electron chi connectivity index (χ4n) is 3.44. The van der Waals surface area contributed by atoms with E-state index < -0.39 is 22.2 Å². The lowest BCUT2D eigenvalue weighted by molar-refractivity contribution is -0.120. The summed E-state index contributed by atoms with van der Waals surface area (Å²) in [6.07, 6.45) is -0.151. The summed E-state index contributed by atoms with van der Waals surface area (Å²) in [6, 6.07) is 12.1. The molecule has 0 aliphatic heterocycles. The summed E-state index contributed by atoms with van der Waals surface area (Å²) in [5.74, 6) is 0.216. The van der Waals surface area contributed by atoms with Crippen molar-refractivity contribution < 1.29 is 27.9 Å². The van der Waals surface area contributed by atoms with Crippen LogP contribution in [0.3, 0.4) is 0 Å². The fraction of sp³-hybridized carbons (Fsp3) is 0.417. The highest BCUT2D eigenvalue weighted by Gasteiger charge is 2.31. The monoisotopic (exact) mass is 476 g/mol. The zero-order valence-corrected chi connectivity index (χ0v) is 20.2. The van der Waals surface area contributed by atoms with Gasteiger partial charge >= 0.3 is 0 Å². The SMILES string of the molecule is COc1ccc(S(=O)(=O)N(CC(C)C)C[C@@H](O)C(Cc2ccc(C=O)cc2)NC(C)=O)cc1. The third-order valence-electron chi connectivity index (χ3n) is 5.08. The number of aliphatic hydroxyl groups is 1. The Morgan fingerprint density at radius 3 is 2.18 bits per heavy atom. The Bertz CT molecular complexity index is 1020. The minimum Gasteiger partial charge on any atom is -0.497 e. The number of nitrogens with one attached hydrogen (secondary N) is 1. The van der Waals surface area contributed by atoms with Crippen molar-refractivity contribution in [3.63, 3.8) is 0 Å². The molecule has 8 nitrogen and oxygen atoms in total. The number of carbonyl (C=O) groups excluding carboxylic acids is 2. The second kappa shape index (κ2) is 11.9. The summed E-state index contributed by atoms with van der Waals surface area (Å²) >= 11 is 0. The number of aliphatic hydroxyl groups excluding tert-OH is 1. The first-order valence-corrected chi connectivity index (χ1v) is 12.1. The third-order valence-corrected chi connectivity index (χ3v) is 6.93. The van der Waals surface area contributed by atoms with Crippen molar-refractivity contribution in [1.82, 2.24) is 9.62 Å². The van der Waals surface area contributed by atoms with Gasteiger partial charge in [0.2, 0.25) is 15.9 Å². The molecule has 2 atom stereocenters. The average molecular weight is 477 g/mol. The van der Waals surface area contributed by atoms with E-state index in [1.54, 1.807) is 36.4 Å². The first-order chi connectivity index (χ1) is 15.6. The number of hydrogen-bond donors (Lipinski definition) is 2. The predicted molar refractivity (Wildman–Crippen MR) is 126 cm³/mol. The van der Waals surface area contributed by atoms with E-state index in [-0.39, 0.29) is 36.2 Å². The fourth-order valence-corrected chi connectivity index (χ4v) is 5.06. The number of nitrogens with zero attached hydrogens (tertiary/aromatic N) is 1. The van der Waals surface area contributed by atoms with Gasteiger partial charge in [-0.2, -0.15) is 4.31 Å². The van der Waals surface area contributed by atoms with Crippen LogP contribution >= 0.6 is 0 Å². The van der Waals surface area contributed by atoms with Gasteiger partial charge in [0.15, 0.2) is 0 Å². The van der Waals surface area contributed by atoms with Crippen molar-refractivity contribution in [2.24, 2.45) is 5.92 Å². The molecule has 0 aliphatic carbocycles. The number of methoxy groups -OCH3 is 1. The Morgan fingerprint density at radius 1 is 1.09 bits per heavy atom. The summed E-state index contributed by atoms with van der Waals surface area (Å²) in [5.41, 5.74) is 1.32. The minimum absolute atomic E-state index is 0.0142. The summed E-state index contributed by atoms with van der Waals surface area (Å²) in [6.45, 7) is 5.14. The highest BCUT2D eigenvalue weighted by Crippen LogP contribution is 2.21. The summed E-state index contributed by atoms with van der Waals surface area (Å²) in [5, 5.41) is 13.7. The van der Waals surface area contributed by atoms with Crippen LogP contribution in [0.5, 0.6) is 5.75 Å². The Morgan fingerprint density at radius 2 is 1.70 bits per heavy atom. The number of amides is 1. The second-order valence-corrected chi connectivity index (χ2v) is 10.3. The van der Waals surface area contributed by atoms with Gasteiger partial charge in [-0.15, -0.1) is 0 Å². The largest absolute Gasteiger partial charge is 0.497 e. The standard InChI is InChI=1S/C24H32N2O6S/c1-17(2)14-26(33(30,31)22-11-9-21(32-4)10-12-22)15-24(29)23(25-18(3)28)13-19-5-7-20(16-27)8-6-19/h5-12,16-17,23-24,29H,13-15H2,1-4H3,(H,25,28)/t23?,24-/m1/s1. The van der Waals surface area contributed by atoms with Crippen molar-refractivity contribution in [3.05, 3.63) is 59.7 Å². The molecule has 0 aliphatic rings. The molecule has 33 heavy (non-hydrogen) atoms. The Kier molecular flexibility index (Phi) is 9.57. The molecule has 0 radical (unpaired) electrons. The number of hydrogen-bond acceptors (Lipinski definition) is 6. The molecule has 1 amide bonds.